The quantitative estimate of drug-likeness (QED) is 0.884. The van der Waals surface area contributed by atoms with Crippen molar-refractivity contribution in [1.29, 1.82) is 0 Å². The molecule has 1 N–H and O–H groups in total. The van der Waals surface area contributed by atoms with Gasteiger partial charge < -0.3 is 8.94 Å². The van der Waals surface area contributed by atoms with Gasteiger partial charge in [0, 0.05) is 11.0 Å². The number of nitrogens with zero attached hydrogens (tertiary/aromatic N) is 1. The van der Waals surface area contributed by atoms with Crippen LogP contribution < -0.4 is 4.72 Å². The van der Waals surface area contributed by atoms with Crippen molar-refractivity contribution in [3.8, 4) is 0 Å². The van der Waals surface area contributed by atoms with Crippen LogP contribution in [0.15, 0.2) is 33.5 Å². The standard InChI is InChI=1S/C14H20N2O4S/c1-14(2,3)13-5-4-12(20-13)9-16-21(17,18)7-6-11-8-15-19-10-11/h4-5,8,10,16H,6-7,9H2,1-3H3. The Bertz CT molecular complexity index is 666. The number of aryl methyl sites for hydroxylation is 1. The highest BCUT2D eigenvalue weighted by Gasteiger charge is 2.19. The third kappa shape index (κ3) is 4.71. The van der Waals surface area contributed by atoms with E-state index in [1.54, 1.807) is 6.07 Å². The number of sulfonamides is 1. The van der Waals surface area contributed by atoms with Crippen LogP contribution >= 0.6 is 0 Å². The van der Waals surface area contributed by atoms with E-state index in [0.717, 1.165) is 11.3 Å². The Morgan fingerprint density at radius 1 is 1.29 bits per heavy atom. The van der Waals surface area contributed by atoms with Gasteiger partial charge in [-0.3, -0.25) is 0 Å². The zero-order valence-electron chi connectivity index (χ0n) is 12.4. The van der Waals surface area contributed by atoms with Crippen LogP contribution in [-0.4, -0.2) is 19.3 Å². The maximum absolute atomic E-state index is 11.9. The van der Waals surface area contributed by atoms with Crippen molar-refractivity contribution in [2.24, 2.45) is 0 Å². The molecule has 6 nitrogen and oxygen atoms in total. The van der Waals surface area contributed by atoms with E-state index in [1.807, 2.05) is 26.8 Å². The number of rotatable bonds is 6. The number of aromatic nitrogens is 1. The van der Waals surface area contributed by atoms with Crippen LogP contribution in [0.5, 0.6) is 0 Å². The fourth-order valence-electron chi connectivity index (χ4n) is 1.73. The molecule has 0 amide bonds. The van der Waals surface area contributed by atoms with Crippen molar-refractivity contribution in [1.82, 2.24) is 9.88 Å². The number of nitrogens with one attached hydrogen (secondary N) is 1. The molecule has 0 radical (unpaired) electrons. The molecule has 0 saturated carbocycles. The zero-order chi connectivity index (χ0) is 15.5. The van der Waals surface area contributed by atoms with Gasteiger partial charge in [-0.25, -0.2) is 13.1 Å². The summed E-state index contributed by atoms with van der Waals surface area (Å²) in [7, 11) is -3.36. The molecule has 2 heterocycles. The summed E-state index contributed by atoms with van der Waals surface area (Å²) in [6, 6.07) is 3.67. The Morgan fingerprint density at radius 2 is 2.05 bits per heavy atom. The Kier molecular flexibility index (Phi) is 4.53. The largest absolute Gasteiger partial charge is 0.464 e. The van der Waals surface area contributed by atoms with Crippen LogP contribution in [0, 0.1) is 0 Å². The van der Waals surface area contributed by atoms with Gasteiger partial charge in [-0.2, -0.15) is 0 Å². The smallest absolute Gasteiger partial charge is 0.212 e. The molecule has 21 heavy (non-hydrogen) atoms. The number of hydrogen-bond acceptors (Lipinski definition) is 5. The second-order valence-electron chi connectivity index (χ2n) is 5.94. The van der Waals surface area contributed by atoms with Crippen LogP contribution in [0.3, 0.4) is 0 Å². The molecule has 0 fully saturated rings. The first kappa shape index (κ1) is 15.8. The van der Waals surface area contributed by atoms with E-state index >= 15 is 0 Å². The van der Waals surface area contributed by atoms with Crippen molar-refractivity contribution in [3.63, 3.8) is 0 Å². The molecule has 0 aliphatic carbocycles. The van der Waals surface area contributed by atoms with Gasteiger partial charge in [0.05, 0.1) is 18.5 Å². The second kappa shape index (κ2) is 6.03. The molecule has 0 bridgehead atoms. The van der Waals surface area contributed by atoms with E-state index < -0.39 is 10.0 Å². The van der Waals surface area contributed by atoms with Gasteiger partial charge in [0.25, 0.3) is 0 Å². The van der Waals surface area contributed by atoms with Crippen LogP contribution in [-0.2, 0) is 28.4 Å². The number of hydrogen-bond donors (Lipinski definition) is 1. The maximum atomic E-state index is 11.9. The lowest BCUT2D eigenvalue weighted by Gasteiger charge is -2.14. The van der Waals surface area contributed by atoms with Crippen LogP contribution in [0.2, 0.25) is 0 Å². The number of furan rings is 1. The van der Waals surface area contributed by atoms with Gasteiger partial charge in [0.1, 0.15) is 17.8 Å². The average molecular weight is 312 g/mol. The first-order valence-electron chi connectivity index (χ1n) is 6.71. The predicted octanol–water partition coefficient (Wildman–Crippen LogP) is 2.23. The molecule has 0 aliphatic rings. The molecule has 0 spiro atoms. The molecule has 0 aromatic carbocycles. The van der Waals surface area contributed by atoms with Gasteiger partial charge in [-0.15, -0.1) is 0 Å². The summed E-state index contributed by atoms with van der Waals surface area (Å²) in [5.74, 6) is 1.43. The van der Waals surface area contributed by atoms with Crippen molar-refractivity contribution >= 4 is 10.0 Å². The molecule has 116 valence electrons. The van der Waals surface area contributed by atoms with Crippen molar-refractivity contribution in [3.05, 3.63) is 41.7 Å². The van der Waals surface area contributed by atoms with Crippen LogP contribution in [0.4, 0.5) is 0 Å². The van der Waals surface area contributed by atoms with E-state index in [2.05, 4.69) is 14.4 Å². The lowest BCUT2D eigenvalue weighted by Crippen LogP contribution is -2.26. The third-order valence-corrected chi connectivity index (χ3v) is 4.34. The van der Waals surface area contributed by atoms with E-state index in [1.165, 1.54) is 12.5 Å². The third-order valence-electron chi connectivity index (χ3n) is 3.01. The lowest BCUT2D eigenvalue weighted by atomic mass is 9.94. The normalized spacial score (nSPS) is 12.7. The van der Waals surface area contributed by atoms with Gasteiger partial charge in [0.2, 0.25) is 10.0 Å². The average Bonchev–Trinajstić information content (AvgIpc) is 3.05. The molecule has 0 unspecified atom stereocenters. The highest BCUT2D eigenvalue weighted by molar-refractivity contribution is 7.89. The van der Waals surface area contributed by atoms with Gasteiger partial charge in [0.15, 0.2) is 0 Å². The fourth-order valence-corrected chi connectivity index (χ4v) is 2.74. The SMILES string of the molecule is CC(C)(C)c1ccc(CNS(=O)(=O)CCc2cnoc2)o1. The fraction of sp³-hybridized carbons (Fsp3) is 0.500. The summed E-state index contributed by atoms with van der Waals surface area (Å²) < 4.78 is 36.6. The lowest BCUT2D eigenvalue weighted by molar-refractivity contribution is 0.384. The van der Waals surface area contributed by atoms with Crippen LogP contribution in [0.1, 0.15) is 37.9 Å². The van der Waals surface area contributed by atoms with Gasteiger partial charge >= 0.3 is 0 Å². The summed E-state index contributed by atoms with van der Waals surface area (Å²) in [6.45, 7) is 6.28. The van der Waals surface area contributed by atoms with E-state index in [4.69, 9.17) is 4.42 Å². The summed E-state index contributed by atoms with van der Waals surface area (Å²) in [5, 5.41) is 3.54. The van der Waals surface area contributed by atoms with Crippen LogP contribution in [0.25, 0.3) is 0 Å². The summed E-state index contributed by atoms with van der Waals surface area (Å²) >= 11 is 0. The molecule has 2 aromatic rings. The van der Waals surface area contributed by atoms with E-state index in [-0.39, 0.29) is 17.7 Å². The summed E-state index contributed by atoms with van der Waals surface area (Å²) in [6.07, 6.45) is 3.32. The molecule has 2 aromatic heterocycles. The molecular formula is C14H20N2O4S. The minimum absolute atomic E-state index is 0.0128. The molecule has 0 aliphatic heterocycles. The predicted molar refractivity (Wildman–Crippen MR) is 78.2 cm³/mol. The summed E-state index contributed by atoms with van der Waals surface area (Å²) in [5.41, 5.74) is 0.666. The first-order valence-corrected chi connectivity index (χ1v) is 8.36. The molecule has 0 atom stereocenters. The summed E-state index contributed by atoms with van der Waals surface area (Å²) in [4.78, 5) is 0. The first-order chi connectivity index (χ1) is 9.76. The van der Waals surface area contributed by atoms with Gasteiger partial charge in [-0.05, 0) is 18.6 Å². The van der Waals surface area contributed by atoms with Crippen molar-refractivity contribution < 1.29 is 17.4 Å². The highest BCUT2D eigenvalue weighted by Crippen LogP contribution is 2.24. The van der Waals surface area contributed by atoms with E-state index in [9.17, 15) is 8.42 Å². The topological polar surface area (TPSA) is 85.3 Å². The molecule has 7 heteroatoms. The molecular weight excluding hydrogens is 292 g/mol. The Balaban J connectivity index is 1.88. The van der Waals surface area contributed by atoms with Gasteiger partial charge in [-0.1, -0.05) is 25.9 Å². The zero-order valence-corrected chi connectivity index (χ0v) is 13.2. The second-order valence-corrected chi connectivity index (χ2v) is 7.87. The van der Waals surface area contributed by atoms with Crippen molar-refractivity contribution in [2.45, 2.75) is 39.2 Å². The Labute approximate surface area is 124 Å². The van der Waals surface area contributed by atoms with Crippen molar-refractivity contribution in [2.75, 3.05) is 5.75 Å². The maximum Gasteiger partial charge on any atom is 0.212 e. The molecule has 0 saturated heterocycles. The Hall–Kier alpha value is -1.60. The minimum atomic E-state index is -3.36. The monoisotopic (exact) mass is 312 g/mol. The van der Waals surface area contributed by atoms with E-state index in [0.29, 0.717) is 12.2 Å². The molecule has 2 rings (SSSR count). The highest BCUT2D eigenvalue weighted by atomic mass is 32.2. The minimum Gasteiger partial charge on any atom is -0.464 e. The Morgan fingerprint density at radius 3 is 2.62 bits per heavy atom.